The predicted octanol–water partition coefficient (Wildman–Crippen LogP) is 7.24. The van der Waals surface area contributed by atoms with E-state index in [2.05, 4.69) is 15.2 Å². The summed E-state index contributed by atoms with van der Waals surface area (Å²) in [6, 6.07) is 41.9. The Morgan fingerprint density at radius 1 is 0.844 bits per heavy atom. The molecule has 2 fully saturated rings. The van der Waals surface area contributed by atoms with Crippen LogP contribution >= 0.6 is 11.6 Å². The van der Waals surface area contributed by atoms with Crippen LogP contribution in [0.4, 0.5) is 11.5 Å². The Labute approximate surface area is 376 Å². The Morgan fingerprint density at radius 3 is 1.95 bits per heavy atom. The van der Waals surface area contributed by atoms with Crippen molar-refractivity contribution >= 4 is 29.0 Å². The Kier molecular flexibility index (Phi) is 13.5. The molecule has 1 unspecified atom stereocenters. The molecule has 14 heteroatoms. The van der Waals surface area contributed by atoms with Crippen molar-refractivity contribution in [2.24, 2.45) is 0 Å². The summed E-state index contributed by atoms with van der Waals surface area (Å²) in [5.74, 6) is -0.419. The third-order valence-corrected chi connectivity index (χ3v) is 12.4. The standard InChI is InChI=1S/C50H51ClN4O9/c1-4-62-49(28-31-54(32-29-49)38-21-19-37(51)20-22-38)64-44-42(56)43(63-47(44)55-30-27-41(53-48(55)59)52-46(58)33-11-7-5-8-12-33)45(57)50(34-13-9-6-10-14-34,35-15-23-39(60-2)24-16-35)36-17-25-40(61-3)26-18-36/h5-27,30,42-45,47,56-57H,4,28-29,31-32H2,1-3H3,(H,52,53,58,59)/t42-,43+,44-,45?,47-/m1/s1. The van der Waals surface area contributed by atoms with E-state index in [4.69, 9.17) is 35.3 Å². The summed E-state index contributed by atoms with van der Waals surface area (Å²) in [5.41, 5.74) is 1.26. The monoisotopic (exact) mass is 886 g/mol. The molecule has 2 aliphatic rings. The lowest BCUT2D eigenvalue weighted by Crippen LogP contribution is -2.55. The number of hydrogen-bond acceptors (Lipinski definition) is 11. The minimum atomic E-state index is -1.53. The van der Waals surface area contributed by atoms with Crippen LogP contribution in [-0.2, 0) is 19.6 Å². The van der Waals surface area contributed by atoms with Crippen molar-refractivity contribution in [3.63, 3.8) is 0 Å². The molecule has 13 nitrogen and oxygen atoms in total. The van der Waals surface area contributed by atoms with E-state index in [0.29, 0.717) is 71.3 Å². The van der Waals surface area contributed by atoms with E-state index in [1.807, 2.05) is 110 Å². The number of carbonyl (C=O) groups is 1. The number of halogens is 1. The number of aromatic nitrogens is 2. The van der Waals surface area contributed by atoms with Gasteiger partial charge < -0.3 is 44.1 Å². The summed E-state index contributed by atoms with van der Waals surface area (Å²) < 4.78 is 32.5. The number of aliphatic hydroxyl groups is 2. The van der Waals surface area contributed by atoms with Gasteiger partial charge in [0.2, 0.25) is 0 Å². The normalized spacial score (nSPS) is 20.1. The highest BCUT2D eigenvalue weighted by Crippen LogP contribution is 2.49. The van der Waals surface area contributed by atoms with Crippen LogP contribution in [-0.4, -0.2) is 89.8 Å². The molecule has 0 spiro atoms. The number of nitrogens with one attached hydrogen (secondary N) is 1. The number of benzene rings is 5. The molecule has 0 bridgehead atoms. The second kappa shape index (κ2) is 19.4. The quantitative estimate of drug-likeness (QED) is 0.0707. The zero-order valence-electron chi connectivity index (χ0n) is 35.8. The number of methoxy groups -OCH3 is 2. The highest BCUT2D eigenvalue weighted by Gasteiger charge is 2.58. The van der Waals surface area contributed by atoms with Gasteiger partial charge >= 0.3 is 5.69 Å². The Balaban J connectivity index is 1.21. The third-order valence-electron chi connectivity index (χ3n) is 12.2. The third kappa shape index (κ3) is 8.87. The first-order chi connectivity index (χ1) is 31.1. The number of aliphatic hydroxyl groups excluding tert-OH is 2. The van der Waals surface area contributed by atoms with E-state index in [0.717, 1.165) is 5.69 Å². The first-order valence-electron chi connectivity index (χ1n) is 21.2. The van der Waals surface area contributed by atoms with E-state index >= 15 is 0 Å². The van der Waals surface area contributed by atoms with Gasteiger partial charge in [-0.3, -0.25) is 9.36 Å². The molecule has 5 aromatic carbocycles. The number of ether oxygens (including phenoxy) is 5. The zero-order chi connectivity index (χ0) is 44.8. The average molecular weight is 887 g/mol. The fourth-order valence-electron chi connectivity index (χ4n) is 8.97. The average Bonchev–Trinajstić information content (AvgIpc) is 3.64. The molecule has 2 saturated heterocycles. The van der Waals surface area contributed by atoms with Gasteiger partial charge in [0, 0.05) is 55.0 Å². The molecule has 0 saturated carbocycles. The van der Waals surface area contributed by atoms with Crippen molar-refractivity contribution < 1.29 is 38.7 Å². The lowest BCUT2D eigenvalue weighted by Gasteiger charge is -2.44. The van der Waals surface area contributed by atoms with Gasteiger partial charge in [-0.15, -0.1) is 0 Å². The van der Waals surface area contributed by atoms with Crippen LogP contribution in [0.5, 0.6) is 11.5 Å². The summed E-state index contributed by atoms with van der Waals surface area (Å²) >= 11 is 6.20. The number of amides is 1. The molecule has 332 valence electrons. The van der Waals surface area contributed by atoms with E-state index in [9.17, 15) is 19.8 Å². The van der Waals surface area contributed by atoms with Gasteiger partial charge in [0.15, 0.2) is 12.0 Å². The van der Waals surface area contributed by atoms with E-state index < -0.39 is 53.4 Å². The van der Waals surface area contributed by atoms with Crippen LogP contribution < -0.4 is 25.4 Å². The van der Waals surface area contributed by atoms with Gasteiger partial charge in [-0.2, -0.15) is 4.98 Å². The van der Waals surface area contributed by atoms with Crippen molar-refractivity contribution in [3.05, 3.63) is 183 Å². The number of nitrogens with zero attached hydrogens (tertiary/aromatic N) is 3. The van der Waals surface area contributed by atoms with Crippen LogP contribution in [0.1, 0.15) is 53.0 Å². The highest BCUT2D eigenvalue weighted by atomic mass is 35.5. The zero-order valence-corrected chi connectivity index (χ0v) is 36.5. The SMILES string of the molecule is CCOC1(O[C@@H]2[C@H](O)[C@@H](C(O)C(c3ccccc3)(c3ccc(OC)cc3)c3ccc(OC)cc3)O[C@H]2n2ccc(NC(=O)c3ccccc3)nc2=O)CCN(c2ccc(Cl)cc2)CC1. The maximum atomic E-state index is 14.1. The Hall–Kier alpha value is -6.06. The second-order valence-corrected chi connectivity index (χ2v) is 16.2. The topological polar surface area (TPSA) is 154 Å². The minimum Gasteiger partial charge on any atom is -0.497 e. The predicted molar refractivity (Wildman–Crippen MR) is 243 cm³/mol. The second-order valence-electron chi connectivity index (χ2n) is 15.8. The van der Waals surface area contributed by atoms with Crippen molar-refractivity contribution in [2.45, 2.75) is 61.6 Å². The van der Waals surface area contributed by atoms with E-state index in [1.54, 1.807) is 44.6 Å². The van der Waals surface area contributed by atoms with Gasteiger partial charge in [0.05, 0.1) is 19.6 Å². The molecule has 1 aromatic heterocycles. The minimum absolute atomic E-state index is 0.0187. The lowest BCUT2D eigenvalue weighted by molar-refractivity contribution is -0.285. The molecule has 5 atom stereocenters. The molecule has 3 N–H and O–H groups in total. The van der Waals surface area contributed by atoms with Crippen LogP contribution in [0.3, 0.4) is 0 Å². The molecule has 2 aliphatic heterocycles. The molecule has 0 aliphatic carbocycles. The summed E-state index contributed by atoms with van der Waals surface area (Å²) in [7, 11) is 3.16. The van der Waals surface area contributed by atoms with Crippen LogP contribution in [0.15, 0.2) is 151 Å². The molecule has 1 amide bonds. The summed E-state index contributed by atoms with van der Waals surface area (Å²) in [6.07, 6.45) is -4.78. The maximum Gasteiger partial charge on any atom is 0.351 e. The Bertz CT molecular complexity index is 2490. The van der Waals surface area contributed by atoms with Crippen LogP contribution in [0.2, 0.25) is 5.02 Å². The first kappa shape index (κ1) is 44.5. The number of carbonyl (C=O) groups excluding carboxylic acids is 1. The smallest absolute Gasteiger partial charge is 0.351 e. The van der Waals surface area contributed by atoms with Crippen molar-refractivity contribution in [1.29, 1.82) is 0 Å². The summed E-state index contributed by atoms with van der Waals surface area (Å²) in [5, 5.41) is 29.4. The molecule has 64 heavy (non-hydrogen) atoms. The number of rotatable bonds is 15. The van der Waals surface area contributed by atoms with Crippen LogP contribution in [0, 0.1) is 0 Å². The fourth-order valence-corrected chi connectivity index (χ4v) is 9.10. The van der Waals surface area contributed by atoms with Gasteiger partial charge in [-0.1, -0.05) is 84.4 Å². The number of hydrogen-bond donors (Lipinski definition) is 3. The molecule has 3 heterocycles. The molecule has 6 aromatic rings. The first-order valence-corrected chi connectivity index (χ1v) is 21.6. The van der Waals surface area contributed by atoms with E-state index in [1.165, 1.54) is 16.8 Å². The summed E-state index contributed by atoms with van der Waals surface area (Å²) in [4.78, 5) is 33.6. The summed E-state index contributed by atoms with van der Waals surface area (Å²) in [6.45, 7) is 3.26. The highest BCUT2D eigenvalue weighted by molar-refractivity contribution is 6.30. The van der Waals surface area contributed by atoms with Gasteiger partial charge in [0.25, 0.3) is 5.91 Å². The molecule has 0 radical (unpaired) electrons. The van der Waals surface area contributed by atoms with Gasteiger partial charge in [-0.25, -0.2) is 4.79 Å². The largest absolute Gasteiger partial charge is 0.497 e. The van der Waals surface area contributed by atoms with Gasteiger partial charge in [0.1, 0.15) is 41.7 Å². The molecular weight excluding hydrogens is 836 g/mol. The Morgan fingerprint density at radius 2 is 1.41 bits per heavy atom. The fraction of sp³-hybridized carbons (Fsp3) is 0.300. The van der Waals surface area contributed by atoms with Gasteiger partial charge in [-0.05, 0) is 90.3 Å². The van der Waals surface area contributed by atoms with Crippen molar-refractivity contribution in [2.75, 3.05) is 44.1 Å². The van der Waals surface area contributed by atoms with Crippen molar-refractivity contribution in [3.8, 4) is 11.5 Å². The lowest BCUT2D eigenvalue weighted by atomic mass is 9.64. The van der Waals surface area contributed by atoms with Crippen molar-refractivity contribution in [1.82, 2.24) is 9.55 Å². The number of piperidine rings is 1. The van der Waals surface area contributed by atoms with E-state index in [-0.39, 0.29) is 5.82 Å². The van der Waals surface area contributed by atoms with Crippen LogP contribution in [0.25, 0.3) is 0 Å². The number of anilines is 2. The maximum absolute atomic E-state index is 14.1. The molecular formula is C50H51ClN4O9. The molecule has 8 rings (SSSR count).